The Morgan fingerprint density at radius 1 is 0.708 bits per heavy atom. The second-order valence-corrected chi connectivity index (χ2v) is 5.72. The van der Waals surface area contributed by atoms with Crippen molar-refractivity contribution in [2.24, 2.45) is 0 Å². The number of hydrogen-bond donors (Lipinski definition) is 1. The number of rotatable bonds is 15. The lowest BCUT2D eigenvalue weighted by Crippen LogP contribution is -1.93. The smallest absolute Gasteiger partial charge is 0.303 e. The van der Waals surface area contributed by atoms with Crippen molar-refractivity contribution in [3.8, 4) is 0 Å². The zero-order valence-electron chi connectivity index (χ0n) is 15.2. The van der Waals surface area contributed by atoms with Gasteiger partial charge in [0.1, 0.15) is 0 Å². The van der Waals surface area contributed by atoms with E-state index in [4.69, 9.17) is 5.11 Å². The number of carboxylic acid groups (broad SMARTS) is 1. The summed E-state index contributed by atoms with van der Waals surface area (Å²) in [6.45, 7) is 2.16. The lowest BCUT2D eigenvalue weighted by Gasteiger charge is -1.94. The second-order valence-electron chi connectivity index (χ2n) is 5.72. The van der Waals surface area contributed by atoms with Gasteiger partial charge in [0, 0.05) is 6.42 Å². The average molecular weight is 331 g/mol. The molecule has 0 rings (SSSR count). The predicted molar refractivity (Wildman–Crippen MR) is 105 cm³/mol. The van der Waals surface area contributed by atoms with Gasteiger partial charge in [0.25, 0.3) is 0 Å². The van der Waals surface area contributed by atoms with E-state index in [1.54, 1.807) is 0 Å². The summed E-state index contributed by atoms with van der Waals surface area (Å²) in [5, 5.41) is 8.52. The SMILES string of the molecule is CCC=CCCC=CC=CCC=CCC=CCCCCCC(=O)O. The Morgan fingerprint density at radius 3 is 2.08 bits per heavy atom. The molecular weight excluding hydrogens is 296 g/mol. The average Bonchev–Trinajstić information content (AvgIpc) is 2.56. The number of carbonyl (C=O) groups is 1. The van der Waals surface area contributed by atoms with Gasteiger partial charge in [-0.2, -0.15) is 0 Å². The monoisotopic (exact) mass is 330 g/mol. The largest absolute Gasteiger partial charge is 0.481 e. The summed E-state index contributed by atoms with van der Waals surface area (Å²) in [5.41, 5.74) is 0. The molecule has 0 fully saturated rings. The van der Waals surface area contributed by atoms with Crippen LogP contribution < -0.4 is 0 Å². The first-order chi connectivity index (χ1) is 11.8. The van der Waals surface area contributed by atoms with Gasteiger partial charge in [-0.15, -0.1) is 0 Å². The quantitative estimate of drug-likeness (QED) is 0.204. The van der Waals surface area contributed by atoms with Gasteiger partial charge >= 0.3 is 5.97 Å². The molecule has 2 nitrogen and oxygen atoms in total. The van der Waals surface area contributed by atoms with Crippen molar-refractivity contribution < 1.29 is 9.90 Å². The number of hydrogen-bond acceptors (Lipinski definition) is 1. The van der Waals surface area contributed by atoms with E-state index in [0.29, 0.717) is 6.42 Å². The normalized spacial score (nSPS) is 12.7. The highest BCUT2D eigenvalue weighted by Gasteiger charge is 1.94. The molecule has 0 aromatic rings. The third-order valence-electron chi connectivity index (χ3n) is 3.42. The fourth-order valence-corrected chi connectivity index (χ4v) is 2.09. The fourth-order valence-electron chi connectivity index (χ4n) is 2.09. The second kappa shape index (κ2) is 19.2. The molecule has 0 saturated carbocycles. The van der Waals surface area contributed by atoms with E-state index in [1.165, 1.54) is 0 Å². The van der Waals surface area contributed by atoms with Gasteiger partial charge in [-0.05, 0) is 51.4 Å². The number of aliphatic carboxylic acids is 1. The molecule has 0 heterocycles. The molecule has 0 aliphatic carbocycles. The van der Waals surface area contributed by atoms with Crippen LogP contribution in [0.4, 0.5) is 0 Å². The first-order valence-corrected chi connectivity index (χ1v) is 9.25. The van der Waals surface area contributed by atoms with Crippen molar-refractivity contribution in [3.63, 3.8) is 0 Å². The molecular formula is C22H34O2. The maximum Gasteiger partial charge on any atom is 0.303 e. The number of allylic oxidation sites excluding steroid dienone is 10. The van der Waals surface area contributed by atoms with Crippen LogP contribution in [-0.2, 0) is 4.79 Å². The van der Waals surface area contributed by atoms with E-state index < -0.39 is 5.97 Å². The number of unbranched alkanes of at least 4 members (excludes halogenated alkanes) is 4. The van der Waals surface area contributed by atoms with Crippen molar-refractivity contribution in [2.45, 2.75) is 71.1 Å². The zero-order chi connectivity index (χ0) is 17.7. The first kappa shape index (κ1) is 22.2. The fraction of sp³-hybridized carbons (Fsp3) is 0.500. The van der Waals surface area contributed by atoms with Gasteiger partial charge in [0.2, 0.25) is 0 Å². The molecule has 0 spiro atoms. The minimum Gasteiger partial charge on any atom is -0.481 e. The van der Waals surface area contributed by atoms with Gasteiger partial charge in [0.05, 0.1) is 0 Å². The van der Waals surface area contributed by atoms with Crippen LogP contribution in [0.5, 0.6) is 0 Å². The summed E-state index contributed by atoms with van der Waals surface area (Å²) >= 11 is 0. The van der Waals surface area contributed by atoms with Gasteiger partial charge in [0.15, 0.2) is 0 Å². The van der Waals surface area contributed by atoms with E-state index >= 15 is 0 Å². The van der Waals surface area contributed by atoms with Crippen LogP contribution in [0, 0.1) is 0 Å². The molecule has 0 aliphatic rings. The third-order valence-corrected chi connectivity index (χ3v) is 3.42. The highest BCUT2D eigenvalue weighted by Crippen LogP contribution is 2.04. The summed E-state index contributed by atoms with van der Waals surface area (Å²) in [6.07, 6.45) is 31.3. The molecule has 0 unspecified atom stereocenters. The summed E-state index contributed by atoms with van der Waals surface area (Å²) in [6, 6.07) is 0. The molecule has 2 heteroatoms. The standard InChI is InChI=1S/C22H34O2/c1-2-3-4-5-6-7-8-9-10-11-12-13-14-15-16-17-18-19-20-21-22(23)24/h3-4,7-10,12-13,15-16H,2,5-6,11,14,17-21H2,1H3,(H,23,24). The van der Waals surface area contributed by atoms with E-state index in [2.05, 4.69) is 67.7 Å². The molecule has 0 amide bonds. The molecule has 0 aromatic carbocycles. The van der Waals surface area contributed by atoms with Gasteiger partial charge < -0.3 is 5.11 Å². The van der Waals surface area contributed by atoms with Gasteiger partial charge in [-0.1, -0.05) is 74.1 Å². The Kier molecular flexibility index (Phi) is 17.8. The molecule has 0 saturated heterocycles. The van der Waals surface area contributed by atoms with Crippen LogP contribution in [0.25, 0.3) is 0 Å². The predicted octanol–water partition coefficient (Wildman–Crippen LogP) is 6.77. The van der Waals surface area contributed by atoms with E-state index in [1.807, 2.05) is 0 Å². The zero-order valence-corrected chi connectivity index (χ0v) is 15.2. The van der Waals surface area contributed by atoms with Crippen molar-refractivity contribution in [1.29, 1.82) is 0 Å². The molecule has 1 N–H and O–H groups in total. The highest BCUT2D eigenvalue weighted by atomic mass is 16.4. The van der Waals surface area contributed by atoms with Crippen LogP contribution in [0.2, 0.25) is 0 Å². The Balaban J connectivity index is 3.43. The number of carboxylic acids is 1. The molecule has 0 aromatic heterocycles. The molecule has 134 valence electrons. The Hall–Kier alpha value is -1.83. The minimum atomic E-state index is -0.690. The topological polar surface area (TPSA) is 37.3 Å². The maximum absolute atomic E-state index is 10.3. The Morgan fingerprint density at radius 2 is 1.33 bits per heavy atom. The van der Waals surface area contributed by atoms with Gasteiger partial charge in [-0.25, -0.2) is 0 Å². The molecule has 0 bridgehead atoms. The summed E-state index contributed by atoms with van der Waals surface area (Å²) in [7, 11) is 0. The van der Waals surface area contributed by atoms with Gasteiger partial charge in [-0.3, -0.25) is 4.79 Å². The molecule has 0 radical (unpaired) electrons. The van der Waals surface area contributed by atoms with Crippen molar-refractivity contribution in [2.75, 3.05) is 0 Å². The van der Waals surface area contributed by atoms with E-state index in [-0.39, 0.29) is 0 Å². The lowest BCUT2D eigenvalue weighted by atomic mass is 10.1. The van der Waals surface area contributed by atoms with Crippen LogP contribution >= 0.6 is 0 Å². The summed E-state index contributed by atoms with van der Waals surface area (Å²) in [5.74, 6) is -0.690. The minimum absolute atomic E-state index is 0.297. The van der Waals surface area contributed by atoms with Crippen molar-refractivity contribution >= 4 is 5.97 Å². The Labute approximate surface area is 148 Å². The van der Waals surface area contributed by atoms with Crippen LogP contribution in [0.15, 0.2) is 60.8 Å². The maximum atomic E-state index is 10.3. The molecule has 24 heavy (non-hydrogen) atoms. The first-order valence-electron chi connectivity index (χ1n) is 9.25. The Bertz CT molecular complexity index is 425. The summed E-state index contributed by atoms with van der Waals surface area (Å²) in [4.78, 5) is 10.3. The van der Waals surface area contributed by atoms with Crippen LogP contribution in [-0.4, -0.2) is 11.1 Å². The van der Waals surface area contributed by atoms with Crippen molar-refractivity contribution in [3.05, 3.63) is 60.8 Å². The molecule has 0 aliphatic heterocycles. The van der Waals surface area contributed by atoms with Crippen LogP contribution in [0.1, 0.15) is 71.1 Å². The van der Waals surface area contributed by atoms with E-state index in [0.717, 1.165) is 57.8 Å². The molecule has 0 atom stereocenters. The lowest BCUT2D eigenvalue weighted by molar-refractivity contribution is -0.137. The van der Waals surface area contributed by atoms with E-state index in [9.17, 15) is 4.79 Å². The van der Waals surface area contributed by atoms with Crippen molar-refractivity contribution in [1.82, 2.24) is 0 Å². The van der Waals surface area contributed by atoms with Crippen LogP contribution in [0.3, 0.4) is 0 Å². The third kappa shape index (κ3) is 20.2. The highest BCUT2D eigenvalue weighted by molar-refractivity contribution is 5.66. The summed E-state index contributed by atoms with van der Waals surface area (Å²) < 4.78 is 0.